The van der Waals surface area contributed by atoms with Crippen molar-refractivity contribution in [2.75, 3.05) is 6.61 Å². The Kier molecular flexibility index (Phi) is 6.02. The van der Waals surface area contributed by atoms with Gasteiger partial charge < -0.3 is 9.47 Å². The summed E-state index contributed by atoms with van der Waals surface area (Å²) in [6.07, 6.45) is 1.66. The lowest BCUT2D eigenvalue weighted by Gasteiger charge is -2.15. The molecule has 0 amide bonds. The van der Waals surface area contributed by atoms with Crippen molar-refractivity contribution in [3.8, 4) is 0 Å². The van der Waals surface area contributed by atoms with Crippen LogP contribution in [0, 0.1) is 5.92 Å². The quantitative estimate of drug-likeness (QED) is 0.376. The van der Waals surface area contributed by atoms with Gasteiger partial charge in [0, 0.05) is 0 Å². The minimum atomic E-state index is -0.594. The van der Waals surface area contributed by atoms with Gasteiger partial charge in [0.15, 0.2) is 0 Å². The molecule has 0 aliphatic carbocycles. The molecule has 0 bridgehead atoms. The third-order valence-electron chi connectivity index (χ3n) is 1.76. The van der Waals surface area contributed by atoms with Crippen molar-refractivity contribution in [2.45, 2.75) is 33.3 Å². The summed E-state index contributed by atoms with van der Waals surface area (Å²) in [6, 6.07) is 0. The molecule has 1 unspecified atom stereocenters. The van der Waals surface area contributed by atoms with Crippen molar-refractivity contribution in [1.29, 1.82) is 0 Å². The molecule has 13 heavy (non-hydrogen) atoms. The molecule has 76 valence electrons. The standard InChI is InChI=1S/C10H18O3/c1-5-6-7-12-10(11)13-9(4)8(2)3/h5,8-9H,1,6-7H2,2-4H3. The lowest BCUT2D eigenvalue weighted by Crippen LogP contribution is -2.21. The van der Waals surface area contributed by atoms with Crippen molar-refractivity contribution < 1.29 is 14.3 Å². The predicted octanol–water partition coefficient (Wildman–Crippen LogP) is 2.76. The van der Waals surface area contributed by atoms with Crippen LogP contribution in [0.25, 0.3) is 0 Å². The van der Waals surface area contributed by atoms with E-state index in [-0.39, 0.29) is 6.10 Å². The molecule has 0 heterocycles. The number of hydrogen-bond acceptors (Lipinski definition) is 3. The topological polar surface area (TPSA) is 35.5 Å². The lowest BCUT2D eigenvalue weighted by atomic mass is 10.1. The van der Waals surface area contributed by atoms with E-state index >= 15 is 0 Å². The molecule has 0 rings (SSSR count). The van der Waals surface area contributed by atoms with Crippen LogP contribution < -0.4 is 0 Å². The fourth-order valence-corrected chi connectivity index (χ4v) is 0.547. The molecule has 0 aromatic carbocycles. The van der Waals surface area contributed by atoms with Gasteiger partial charge >= 0.3 is 6.16 Å². The van der Waals surface area contributed by atoms with Gasteiger partial charge in [-0.05, 0) is 19.3 Å². The Morgan fingerprint density at radius 3 is 2.54 bits per heavy atom. The van der Waals surface area contributed by atoms with Crippen molar-refractivity contribution in [3.05, 3.63) is 12.7 Å². The first kappa shape index (κ1) is 12.0. The number of hydrogen-bond donors (Lipinski definition) is 0. The summed E-state index contributed by atoms with van der Waals surface area (Å²) in [4.78, 5) is 11.0. The summed E-state index contributed by atoms with van der Waals surface area (Å²) in [6.45, 7) is 9.68. The van der Waals surface area contributed by atoms with E-state index in [1.165, 1.54) is 0 Å². The van der Waals surface area contributed by atoms with Crippen LogP contribution in [0.4, 0.5) is 4.79 Å². The van der Waals surface area contributed by atoms with Crippen molar-refractivity contribution in [3.63, 3.8) is 0 Å². The monoisotopic (exact) mass is 186 g/mol. The van der Waals surface area contributed by atoms with Crippen LogP contribution in [0.2, 0.25) is 0 Å². The van der Waals surface area contributed by atoms with Gasteiger partial charge in [0.2, 0.25) is 0 Å². The Balaban J connectivity index is 3.55. The minimum Gasteiger partial charge on any atom is -0.434 e. The predicted molar refractivity (Wildman–Crippen MR) is 51.5 cm³/mol. The lowest BCUT2D eigenvalue weighted by molar-refractivity contribution is 0.0156. The van der Waals surface area contributed by atoms with Crippen LogP contribution in [0.5, 0.6) is 0 Å². The Labute approximate surface area is 79.7 Å². The van der Waals surface area contributed by atoms with Crippen LogP contribution in [-0.4, -0.2) is 18.9 Å². The van der Waals surface area contributed by atoms with Gasteiger partial charge in [-0.1, -0.05) is 19.9 Å². The van der Waals surface area contributed by atoms with E-state index in [1.54, 1.807) is 6.08 Å². The van der Waals surface area contributed by atoms with Crippen molar-refractivity contribution >= 4 is 6.16 Å². The Bertz CT molecular complexity index is 164. The minimum absolute atomic E-state index is 0.101. The largest absolute Gasteiger partial charge is 0.508 e. The third-order valence-corrected chi connectivity index (χ3v) is 1.76. The zero-order valence-corrected chi connectivity index (χ0v) is 8.58. The molecule has 0 N–H and O–H groups in total. The van der Waals surface area contributed by atoms with E-state index < -0.39 is 6.16 Å². The Morgan fingerprint density at radius 1 is 1.46 bits per heavy atom. The average molecular weight is 186 g/mol. The maximum Gasteiger partial charge on any atom is 0.508 e. The van der Waals surface area contributed by atoms with E-state index in [9.17, 15) is 4.79 Å². The Morgan fingerprint density at radius 2 is 2.08 bits per heavy atom. The maximum atomic E-state index is 11.0. The molecule has 0 aromatic heterocycles. The normalized spacial score (nSPS) is 12.3. The molecule has 3 nitrogen and oxygen atoms in total. The van der Waals surface area contributed by atoms with Crippen molar-refractivity contribution in [2.24, 2.45) is 5.92 Å². The van der Waals surface area contributed by atoms with Gasteiger partial charge in [0.05, 0.1) is 6.61 Å². The second-order valence-electron chi connectivity index (χ2n) is 3.24. The second-order valence-corrected chi connectivity index (χ2v) is 3.24. The molecule has 0 saturated carbocycles. The number of rotatable bonds is 5. The summed E-state index contributed by atoms with van der Waals surface area (Å²) in [5.41, 5.74) is 0. The highest BCUT2D eigenvalue weighted by Gasteiger charge is 2.13. The second kappa shape index (κ2) is 6.52. The van der Waals surface area contributed by atoms with Gasteiger partial charge in [-0.15, -0.1) is 6.58 Å². The zero-order chi connectivity index (χ0) is 10.3. The van der Waals surface area contributed by atoms with Crippen LogP contribution in [-0.2, 0) is 9.47 Å². The molecule has 0 saturated heterocycles. The molecule has 0 aliphatic rings. The molecular formula is C10H18O3. The average Bonchev–Trinajstić information content (AvgIpc) is 2.04. The Hall–Kier alpha value is -0.990. The highest BCUT2D eigenvalue weighted by molar-refractivity contribution is 5.60. The molecule has 3 heteroatoms. The van der Waals surface area contributed by atoms with Gasteiger partial charge in [-0.3, -0.25) is 0 Å². The first-order valence-electron chi connectivity index (χ1n) is 4.52. The molecule has 0 aromatic rings. The fourth-order valence-electron chi connectivity index (χ4n) is 0.547. The molecular weight excluding hydrogens is 168 g/mol. The SMILES string of the molecule is C=CCCOC(=O)OC(C)C(C)C. The van der Waals surface area contributed by atoms with Crippen molar-refractivity contribution in [1.82, 2.24) is 0 Å². The molecule has 0 radical (unpaired) electrons. The van der Waals surface area contributed by atoms with E-state index in [1.807, 2.05) is 20.8 Å². The number of carbonyl (C=O) groups is 1. The summed E-state index contributed by atoms with van der Waals surface area (Å²) in [5, 5.41) is 0. The van der Waals surface area contributed by atoms with Crippen LogP contribution in [0.1, 0.15) is 27.2 Å². The highest BCUT2D eigenvalue weighted by atomic mass is 16.7. The number of carbonyl (C=O) groups excluding carboxylic acids is 1. The highest BCUT2D eigenvalue weighted by Crippen LogP contribution is 2.06. The van der Waals surface area contributed by atoms with Crippen LogP contribution in [0.15, 0.2) is 12.7 Å². The molecule has 0 fully saturated rings. The van der Waals surface area contributed by atoms with Gasteiger partial charge in [-0.25, -0.2) is 4.79 Å². The van der Waals surface area contributed by atoms with E-state index in [2.05, 4.69) is 6.58 Å². The summed E-state index contributed by atoms with van der Waals surface area (Å²) in [5.74, 6) is 0.312. The van der Waals surface area contributed by atoms with Gasteiger partial charge in [0.1, 0.15) is 6.10 Å². The molecule has 0 spiro atoms. The van der Waals surface area contributed by atoms with E-state index in [4.69, 9.17) is 9.47 Å². The first-order valence-corrected chi connectivity index (χ1v) is 4.52. The van der Waals surface area contributed by atoms with Gasteiger partial charge in [0.25, 0.3) is 0 Å². The van der Waals surface area contributed by atoms with Crippen LogP contribution in [0.3, 0.4) is 0 Å². The molecule has 1 atom stereocenters. The summed E-state index contributed by atoms with van der Waals surface area (Å²) in [7, 11) is 0. The summed E-state index contributed by atoms with van der Waals surface area (Å²) < 4.78 is 9.73. The maximum absolute atomic E-state index is 11.0. The zero-order valence-electron chi connectivity index (χ0n) is 8.58. The van der Waals surface area contributed by atoms with Gasteiger partial charge in [-0.2, -0.15) is 0 Å². The summed E-state index contributed by atoms with van der Waals surface area (Å²) >= 11 is 0. The number of ether oxygens (including phenoxy) is 2. The van der Waals surface area contributed by atoms with Crippen LogP contribution >= 0.6 is 0 Å². The van der Waals surface area contributed by atoms with E-state index in [0.717, 1.165) is 0 Å². The smallest absolute Gasteiger partial charge is 0.434 e. The fraction of sp³-hybridized carbons (Fsp3) is 0.700. The first-order chi connectivity index (χ1) is 6.07. The molecule has 0 aliphatic heterocycles. The van der Waals surface area contributed by atoms with E-state index in [0.29, 0.717) is 18.9 Å². The third kappa shape index (κ3) is 6.20.